The summed E-state index contributed by atoms with van der Waals surface area (Å²) in [5, 5.41) is 6.77. The van der Waals surface area contributed by atoms with Crippen molar-refractivity contribution >= 4 is 21.8 Å². The van der Waals surface area contributed by atoms with E-state index in [4.69, 9.17) is 8.94 Å². The number of hydrogen-bond acceptors (Lipinski definition) is 6. The van der Waals surface area contributed by atoms with Crippen molar-refractivity contribution in [3.05, 3.63) is 77.0 Å². The van der Waals surface area contributed by atoms with Crippen LogP contribution in [0.4, 0.5) is 0 Å². The summed E-state index contributed by atoms with van der Waals surface area (Å²) in [6, 6.07) is 15.2. The maximum atomic E-state index is 12.1. The third kappa shape index (κ3) is 4.97. The lowest BCUT2D eigenvalue weighted by atomic mass is 10.2. The van der Waals surface area contributed by atoms with Gasteiger partial charge in [0, 0.05) is 40.8 Å². The van der Waals surface area contributed by atoms with E-state index in [1.165, 1.54) is 0 Å². The molecule has 146 valence electrons. The van der Waals surface area contributed by atoms with Crippen molar-refractivity contribution in [3.63, 3.8) is 0 Å². The molecule has 0 atom stereocenters. The SMILES string of the molecule is O=C(CCc1nc(-c2ccncc2)no1)NCc1ccc(-c2ccc(Br)cc2)o1. The fourth-order valence-corrected chi connectivity index (χ4v) is 2.98. The van der Waals surface area contributed by atoms with Crippen LogP contribution in [0.2, 0.25) is 0 Å². The van der Waals surface area contributed by atoms with Crippen LogP contribution in [0.25, 0.3) is 22.7 Å². The summed E-state index contributed by atoms with van der Waals surface area (Å²) < 4.78 is 12.0. The van der Waals surface area contributed by atoms with E-state index in [9.17, 15) is 4.79 Å². The van der Waals surface area contributed by atoms with Gasteiger partial charge < -0.3 is 14.3 Å². The van der Waals surface area contributed by atoms with Gasteiger partial charge in [0.1, 0.15) is 11.5 Å². The zero-order valence-corrected chi connectivity index (χ0v) is 16.9. The van der Waals surface area contributed by atoms with E-state index in [-0.39, 0.29) is 12.3 Å². The Kier molecular flexibility index (Phi) is 5.81. The van der Waals surface area contributed by atoms with Crippen LogP contribution in [-0.4, -0.2) is 21.0 Å². The van der Waals surface area contributed by atoms with Crippen LogP contribution < -0.4 is 5.32 Å². The van der Waals surface area contributed by atoms with E-state index in [0.29, 0.717) is 30.4 Å². The number of carbonyl (C=O) groups excluding carboxylic acids is 1. The number of nitrogens with zero attached hydrogens (tertiary/aromatic N) is 3. The van der Waals surface area contributed by atoms with Crippen LogP contribution in [0.3, 0.4) is 0 Å². The Hall–Kier alpha value is -3.26. The number of carbonyl (C=O) groups is 1. The van der Waals surface area contributed by atoms with E-state index in [0.717, 1.165) is 21.4 Å². The lowest BCUT2D eigenvalue weighted by molar-refractivity contribution is -0.121. The molecule has 1 amide bonds. The molecule has 0 bridgehead atoms. The molecule has 1 N–H and O–H groups in total. The van der Waals surface area contributed by atoms with Gasteiger partial charge in [0.25, 0.3) is 0 Å². The van der Waals surface area contributed by atoms with Gasteiger partial charge in [-0.05, 0) is 36.4 Å². The predicted molar refractivity (Wildman–Crippen MR) is 110 cm³/mol. The number of aromatic nitrogens is 3. The Labute approximate surface area is 175 Å². The van der Waals surface area contributed by atoms with Crippen LogP contribution >= 0.6 is 15.9 Å². The number of pyridine rings is 1. The molecule has 0 aliphatic carbocycles. The van der Waals surface area contributed by atoms with Crippen molar-refractivity contribution < 1.29 is 13.7 Å². The highest BCUT2D eigenvalue weighted by molar-refractivity contribution is 9.10. The number of amides is 1. The Balaban J connectivity index is 1.27. The summed E-state index contributed by atoms with van der Waals surface area (Å²) in [5.41, 5.74) is 1.80. The molecule has 4 aromatic rings. The number of rotatable bonds is 7. The number of benzene rings is 1. The molecule has 8 heteroatoms. The molecule has 0 unspecified atom stereocenters. The van der Waals surface area contributed by atoms with Gasteiger partial charge in [-0.2, -0.15) is 4.98 Å². The lowest BCUT2D eigenvalue weighted by Crippen LogP contribution is -2.22. The highest BCUT2D eigenvalue weighted by atomic mass is 79.9. The number of hydrogen-bond donors (Lipinski definition) is 1. The second-order valence-corrected chi connectivity index (χ2v) is 7.21. The summed E-state index contributed by atoms with van der Waals surface area (Å²) in [5.74, 6) is 2.24. The Morgan fingerprint density at radius 3 is 2.59 bits per heavy atom. The van der Waals surface area contributed by atoms with Gasteiger partial charge in [-0.15, -0.1) is 0 Å². The molecule has 0 aliphatic heterocycles. The van der Waals surface area contributed by atoms with Gasteiger partial charge in [-0.25, -0.2) is 0 Å². The second-order valence-electron chi connectivity index (χ2n) is 6.30. The van der Waals surface area contributed by atoms with Crippen LogP contribution in [0.15, 0.2) is 74.3 Å². The molecule has 3 aromatic heterocycles. The summed E-state index contributed by atoms with van der Waals surface area (Å²) in [7, 11) is 0. The average Bonchev–Trinajstić information content (AvgIpc) is 3.42. The van der Waals surface area contributed by atoms with E-state index in [2.05, 4.69) is 36.4 Å². The van der Waals surface area contributed by atoms with Crippen LogP contribution in [-0.2, 0) is 17.8 Å². The smallest absolute Gasteiger partial charge is 0.227 e. The molecule has 7 nitrogen and oxygen atoms in total. The Morgan fingerprint density at radius 1 is 1.00 bits per heavy atom. The molecular weight excluding hydrogens is 436 g/mol. The van der Waals surface area contributed by atoms with E-state index in [1.54, 1.807) is 24.5 Å². The molecule has 0 aliphatic rings. The zero-order chi connectivity index (χ0) is 20.1. The Morgan fingerprint density at radius 2 is 1.79 bits per heavy atom. The molecule has 3 heterocycles. The standard InChI is InChI=1S/C21H17BrN4O3/c22-16-3-1-14(2-4-16)18-6-5-17(28-18)13-24-19(27)7-8-20-25-21(26-29-20)15-9-11-23-12-10-15/h1-6,9-12H,7-8,13H2,(H,24,27). The normalized spacial score (nSPS) is 10.8. The first-order chi connectivity index (χ1) is 14.2. The van der Waals surface area contributed by atoms with Crippen molar-refractivity contribution in [3.8, 4) is 22.7 Å². The number of halogens is 1. The molecule has 0 radical (unpaired) electrons. The first kappa shape index (κ1) is 19.1. The highest BCUT2D eigenvalue weighted by Crippen LogP contribution is 2.24. The number of nitrogens with one attached hydrogen (secondary N) is 1. The lowest BCUT2D eigenvalue weighted by Gasteiger charge is -2.02. The molecule has 0 saturated carbocycles. The predicted octanol–water partition coefficient (Wildman–Crippen LogP) is 4.40. The van der Waals surface area contributed by atoms with Crippen LogP contribution in [0.1, 0.15) is 18.1 Å². The van der Waals surface area contributed by atoms with E-state index >= 15 is 0 Å². The first-order valence-electron chi connectivity index (χ1n) is 9.02. The van der Waals surface area contributed by atoms with Crippen molar-refractivity contribution in [2.75, 3.05) is 0 Å². The molecule has 0 spiro atoms. The summed E-state index contributed by atoms with van der Waals surface area (Å²) in [4.78, 5) is 20.4. The molecule has 4 rings (SSSR count). The minimum Gasteiger partial charge on any atom is -0.459 e. The third-order valence-electron chi connectivity index (χ3n) is 4.22. The van der Waals surface area contributed by atoms with Gasteiger partial charge in [0.15, 0.2) is 0 Å². The Bertz CT molecular complexity index is 1090. The minimum absolute atomic E-state index is 0.116. The molecular formula is C21H17BrN4O3. The molecule has 0 saturated heterocycles. The number of aryl methyl sites for hydroxylation is 1. The van der Waals surface area contributed by atoms with Gasteiger partial charge in [-0.3, -0.25) is 9.78 Å². The monoisotopic (exact) mass is 452 g/mol. The van der Waals surface area contributed by atoms with Gasteiger partial charge in [-0.1, -0.05) is 33.2 Å². The third-order valence-corrected chi connectivity index (χ3v) is 4.75. The minimum atomic E-state index is -0.116. The zero-order valence-electron chi connectivity index (χ0n) is 15.3. The fourth-order valence-electron chi connectivity index (χ4n) is 2.71. The van der Waals surface area contributed by atoms with E-state index in [1.807, 2.05) is 36.4 Å². The topological polar surface area (TPSA) is 94.0 Å². The fraction of sp³-hybridized carbons (Fsp3) is 0.143. The largest absolute Gasteiger partial charge is 0.459 e. The van der Waals surface area contributed by atoms with E-state index < -0.39 is 0 Å². The summed E-state index contributed by atoms with van der Waals surface area (Å²) in [6.45, 7) is 0.321. The quantitative estimate of drug-likeness (QED) is 0.446. The van der Waals surface area contributed by atoms with Crippen LogP contribution in [0.5, 0.6) is 0 Å². The summed E-state index contributed by atoms with van der Waals surface area (Å²) >= 11 is 3.41. The highest BCUT2D eigenvalue weighted by Gasteiger charge is 2.11. The van der Waals surface area contributed by atoms with Crippen molar-refractivity contribution in [1.29, 1.82) is 0 Å². The van der Waals surface area contributed by atoms with Crippen molar-refractivity contribution in [1.82, 2.24) is 20.4 Å². The molecule has 0 fully saturated rings. The maximum Gasteiger partial charge on any atom is 0.227 e. The second kappa shape index (κ2) is 8.83. The van der Waals surface area contributed by atoms with Gasteiger partial charge in [0.05, 0.1) is 6.54 Å². The van der Waals surface area contributed by atoms with Gasteiger partial charge >= 0.3 is 0 Å². The van der Waals surface area contributed by atoms with Crippen molar-refractivity contribution in [2.45, 2.75) is 19.4 Å². The summed E-state index contributed by atoms with van der Waals surface area (Å²) in [6.07, 6.45) is 3.94. The molecule has 1 aromatic carbocycles. The first-order valence-corrected chi connectivity index (χ1v) is 9.81. The van der Waals surface area contributed by atoms with Crippen molar-refractivity contribution in [2.24, 2.45) is 0 Å². The number of furan rings is 1. The van der Waals surface area contributed by atoms with Crippen LogP contribution in [0, 0.1) is 0 Å². The average molecular weight is 453 g/mol. The van der Waals surface area contributed by atoms with Gasteiger partial charge in [0.2, 0.25) is 17.6 Å². The molecule has 29 heavy (non-hydrogen) atoms. The maximum absolute atomic E-state index is 12.1.